The molecule has 2 aromatic rings. The summed E-state index contributed by atoms with van der Waals surface area (Å²) in [6, 6.07) is 9.20. The van der Waals surface area contributed by atoms with Crippen LogP contribution in [0.5, 0.6) is 0 Å². The zero-order valence-corrected chi connectivity index (χ0v) is 11.1. The zero-order chi connectivity index (χ0) is 14.3. The molecule has 0 amide bonds. The summed E-state index contributed by atoms with van der Waals surface area (Å²) in [5, 5.41) is 10.3. The zero-order valence-electron chi connectivity index (χ0n) is 11.1. The van der Waals surface area contributed by atoms with Gasteiger partial charge in [-0.05, 0) is 41.3 Å². The summed E-state index contributed by atoms with van der Waals surface area (Å²) in [5.41, 5.74) is 3.39. The number of benzene rings is 2. The van der Waals surface area contributed by atoms with Crippen LogP contribution in [0.2, 0.25) is 0 Å². The van der Waals surface area contributed by atoms with E-state index in [1.807, 2.05) is 25.2 Å². The molecular formula is C16H15F2NO. The molecule has 0 fully saturated rings. The first-order valence-electron chi connectivity index (χ1n) is 6.53. The maximum Gasteiger partial charge on any atom is 0.159 e. The maximum atomic E-state index is 13.2. The molecule has 1 heterocycles. The number of nitrogens with zero attached hydrogens (tertiary/aromatic N) is 1. The van der Waals surface area contributed by atoms with Crippen molar-refractivity contribution in [1.29, 1.82) is 0 Å². The summed E-state index contributed by atoms with van der Waals surface area (Å²) in [7, 11) is 2.03. The Hall–Kier alpha value is -1.94. The Labute approximate surface area is 116 Å². The number of hydrogen-bond acceptors (Lipinski definition) is 2. The summed E-state index contributed by atoms with van der Waals surface area (Å²) >= 11 is 0. The average Bonchev–Trinajstić information content (AvgIpc) is 2.82. The number of aliphatic hydroxyl groups is 1. The van der Waals surface area contributed by atoms with Crippen LogP contribution in [0.4, 0.5) is 14.5 Å². The molecule has 0 aliphatic carbocycles. The van der Waals surface area contributed by atoms with Crippen molar-refractivity contribution in [2.45, 2.75) is 12.5 Å². The van der Waals surface area contributed by atoms with Crippen LogP contribution >= 0.6 is 0 Å². The number of rotatable bonds is 2. The molecule has 104 valence electrons. The van der Waals surface area contributed by atoms with Crippen molar-refractivity contribution in [3.63, 3.8) is 0 Å². The molecule has 1 atom stereocenters. The van der Waals surface area contributed by atoms with Gasteiger partial charge in [0.2, 0.25) is 0 Å². The largest absolute Gasteiger partial charge is 0.384 e. The predicted octanol–water partition coefficient (Wildman–Crippen LogP) is 3.04. The number of aliphatic hydroxyl groups excluding tert-OH is 1. The van der Waals surface area contributed by atoms with Crippen LogP contribution in [0.3, 0.4) is 0 Å². The van der Waals surface area contributed by atoms with E-state index >= 15 is 0 Å². The van der Waals surface area contributed by atoms with E-state index in [1.165, 1.54) is 11.6 Å². The second-order valence-electron chi connectivity index (χ2n) is 5.14. The molecule has 3 rings (SSSR count). The highest BCUT2D eigenvalue weighted by Gasteiger charge is 2.19. The molecule has 0 saturated carbocycles. The van der Waals surface area contributed by atoms with E-state index in [4.69, 9.17) is 0 Å². The lowest BCUT2D eigenvalue weighted by Gasteiger charge is -2.15. The van der Waals surface area contributed by atoms with Crippen LogP contribution in [0, 0.1) is 11.6 Å². The molecule has 4 heteroatoms. The van der Waals surface area contributed by atoms with Gasteiger partial charge in [0, 0.05) is 19.3 Å². The number of likely N-dealkylation sites (N-methyl/N-ethyl adjacent to an activating group) is 1. The normalized spacial score (nSPS) is 15.3. The summed E-state index contributed by atoms with van der Waals surface area (Å²) < 4.78 is 26.2. The van der Waals surface area contributed by atoms with Crippen LogP contribution in [-0.2, 0) is 6.42 Å². The third kappa shape index (κ3) is 2.16. The van der Waals surface area contributed by atoms with Gasteiger partial charge in [0.1, 0.15) is 6.10 Å². The molecule has 1 N–H and O–H groups in total. The topological polar surface area (TPSA) is 23.5 Å². The van der Waals surface area contributed by atoms with Crippen molar-refractivity contribution in [3.05, 3.63) is 64.7 Å². The summed E-state index contributed by atoms with van der Waals surface area (Å²) in [6.07, 6.45) is -0.00854. The molecule has 0 bridgehead atoms. The Morgan fingerprint density at radius 2 is 1.75 bits per heavy atom. The van der Waals surface area contributed by atoms with E-state index in [-0.39, 0.29) is 0 Å². The van der Waals surface area contributed by atoms with Crippen LogP contribution in [0.1, 0.15) is 22.8 Å². The Morgan fingerprint density at radius 3 is 2.50 bits per heavy atom. The van der Waals surface area contributed by atoms with Crippen molar-refractivity contribution in [2.24, 2.45) is 0 Å². The Balaban J connectivity index is 1.94. The van der Waals surface area contributed by atoms with Crippen molar-refractivity contribution in [3.8, 4) is 0 Å². The van der Waals surface area contributed by atoms with Gasteiger partial charge in [-0.15, -0.1) is 0 Å². The first-order chi connectivity index (χ1) is 9.56. The summed E-state index contributed by atoms with van der Waals surface area (Å²) in [6.45, 7) is 0.958. The molecule has 2 nitrogen and oxygen atoms in total. The van der Waals surface area contributed by atoms with Gasteiger partial charge in [-0.1, -0.05) is 18.2 Å². The lowest BCUT2D eigenvalue weighted by molar-refractivity contribution is 0.219. The maximum absolute atomic E-state index is 13.2. The molecule has 0 spiro atoms. The van der Waals surface area contributed by atoms with E-state index in [0.717, 1.165) is 30.8 Å². The first-order valence-corrected chi connectivity index (χ1v) is 6.53. The fourth-order valence-electron chi connectivity index (χ4n) is 2.63. The standard InChI is InChI=1S/C16H15F2NO/c1-19-7-6-10-8-11(3-5-15(10)19)16(20)12-2-4-13(17)14(18)9-12/h2-5,8-9,16,20H,6-7H2,1H3. The molecule has 1 unspecified atom stereocenters. The second kappa shape index (κ2) is 4.87. The molecular weight excluding hydrogens is 260 g/mol. The average molecular weight is 275 g/mol. The van der Waals surface area contributed by atoms with Crippen molar-refractivity contribution in [2.75, 3.05) is 18.5 Å². The molecule has 0 saturated heterocycles. The van der Waals surface area contributed by atoms with Crippen molar-refractivity contribution in [1.82, 2.24) is 0 Å². The van der Waals surface area contributed by atoms with E-state index in [1.54, 1.807) is 0 Å². The minimum absolute atomic E-state index is 0.357. The van der Waals surface area contributed by atoms with Gasteiger partial charge in [-0.3, -0.25) is 0 Å². The van der Waals surface area contributed by atoms with Crippen LogP contribution < -0.4 is 4.90 Å². The third-order valence-corrected chi connectivity index (χ3v) is 3.81. The SMILES string of the molecule is CN1CCc2cc(C(O)c3ccc(F)c(F)c3)ccc21. The van der Waals surface area contributed by atoms with Crippen molar-refractivity contribution < 1.29 is 13.9 Å². The molecule has 2 aromatic carbocycles. The van der Waals surface area contributed by atoms with Crippen molar-refractivity contribution >= 4 is 5.69 Å². The Morgan fingerprint density at radius 1 is 1.05 bits per heavy atom. The highest BCUT2D eigenvalue weighted by atomic mass is 19.2. The smallest absolute Gasteiger partial charge is 0.159 e. The van der Waals surface area contributed by atoms with Gasteiger partial charge in [0.25, 0.3) is 0 Å². The minimum atomic E-state index is -0.943. The summed E-state index contributed by atoms with van der Waals surface area (Å²) in [4.78, 5) is 2.16. The van der Waals surface area contributed by atoms with Gasteiger partial charge < -0.3 is 10.0 Å². The van der Waals surface area contributed by atoms with Gasteiger partial charge in [-0.2, -0.15) is 0 Å². The third-order valence-electron chi connectivity index (χ3n) is 3.81. The monoisotopic (exact) mass is 275 g/mol. The highest BCUT2D eigenvalue weighted by Crippen LogP contribution is 2.31. The van der Waals surface area contributed by atoms with E-state index in [2.05, 4.69) is 4.90 Å². The van der Waals surface area contributed by atoms with Gasteiger partial charge in [0.15, 0.2) is 11.6 Å². The fourth-order valence-corrected chi connectivity index (χ4v) is 2.63. The van der Waals surface area contributed by atoms with E-state index < -0.39 is 17.7 Å². The lowest BCUT2D eigenvalue weighted by atomic mass is 9.98. The first kappa shape index (κ1) is 13.1. The van der Waals surface area contributed by atoms with Gasteiger partial charge in [0.05, 0.1) is 0 Å². The highest BCUT2D eigenvalue weighted by molar-refractivity contribution is 5.59. The number of hydrogen-bond donors (Lipinski definition) is 1. The van der Waals surface area contributed by atoms with E-state index in [0.29, 0.717) is 11.1 Å². The van der Waals surface area contributed by atoms with Crippen LogP contribution in [0.15, 0.2) is 36.4 Å². The summed E-state index contributed by atoms with van der Waals surface area (Å²) in [5.74, 6) is -1.85. The molecule has 1 aliphatic rings. The minimum Gasteiger partial charge on any atom is -0.384 e. The number of halogens is 2. The van der Waals surface area contributed by atoms with E-state index in [9.17, 15) is 13.9 Å². The lowest BCUT2D eigenvalue weighted by Crippen LogP contribution is -2.12. The fraction of sp³-hybridized carbons (Fsp3) is 0.250. The number of fused-ring (bicyclic) bond motifs is 1. The Kier molecular flexibility index (Phi) is 3.18. The molecule has 20 heavy (non-hydrogen) atoms. The second-order valence-corrected chi connectivity index (χ2v) is 5.14. The number of anilines is 1. The molecule has 0 radical (unpaired) electrons. The predicted molar refractivity (Wildman–Crippen MR) is 73.8 cm³/mol. The molecule has 1 aliphatic heterocycles. The molecule has 0 aromatic heterocycles. The van der Waals surface area contributed by atoms with Crippen LogP contribution in [-0.4, -0.2) is 18.7 Å². The quantitative estimate of drug-likeness (QED) is 0.910. The van der Waals surface area contributed by atoms with Gasteiger partial charge >= 0.3 is 0 Å². The Bertz CT molecular complexity index is 657. The van der Waals surface area contributed by atoms with Gasteiger partial charge in [-0.25, -0.2) is 8.78 Å². The van der Waals surface area contributed by atoms with Crippen LogP contribution in [0.25, 0.3) is 0 Å².